The molecule has 1 aliphatic rings. The van der Waals surface area contributed by atoms with Crippen LogP contribution >= 0.6 is 12.4 Å². The summed E-state index contributed by atoms with van der Waals surface area (Å²) in [5.41, 5.74) is -0.261. The molecule has 0 bridgehead atoms. The van der Waals surface area contributed by atoms with Crippen molar-refractivity contribution < 1.29 is 9.53 Å². The van der Waals surface area contributed by atoms with Crippen LogP contribution in [0.25, 0.3) is 0 Å². The van der Waals surface area contributed by atoms with E-state index in [1.165, 1.54) is 7.11 Å². The molecule has 0 aromatic carbocycles. The van der Waals surface area contributed by atoms with Crippen LogP contribution in [0.5, 0.6) is 0 Å². The van der Waals surface area contributed by atoms with Crippen LogP contribution in [0.15, 0.2) is 12.7 Å². The van der Waals surface area contributed by atoms with Crippen molar-refractivity contribution >= 4 is 18.4 Å². The van der Waals surface area contributed by atoms with Crippen LogP contribution in [0.1, 0.15) is 12.8 Å². The van der Waals surface area contributed by atoms with Gasteiger partial charge in [0.1, 0.15) is 0 Å². The first kappa shape index (κ1) is 12.5. The average molecular weight is 206 g/mol. The predicted molar refractivity (Wildman–Crippen MR) is 54.0 cm³/mol. The second-order valence-corrected chi connectivity index (χ2v) is 3.20. The van der Waals surface area contributed by atoms with E-state index in [0.29, 0.717) is 0 Å². The summed E-state index contributed by atoms with van der Waals surface area (Å²) in [5, 5.41) is 3.09. The normalized spacial score (nSPS) is 17.9. The Kier molecular flexibility index (Phi) is 5.03. The quantitative estimate of drug-likeness (QED) is 0.553. The number of ether oxygens (including phenoxy) is 1. The number of nitrogens with one attached hydrogen (secondary N) is 1. The summed E-state index contributed by atoms with van der Waals surface area (Å²) >= 11 is 0. The minimum absolute atomic E-state index is 0. The summed E-state index contributed by atoms with van der Waals surface area (Å²) < 4.78 is 4.74. The molecule has 0 aromatic rings. The molecule has 0 radical (unpaired) electrons. The van der Waals surface area contributed by atoms with E-state index in [0.717, 1.165) is 25.9 Å². The second kappa shape index (κ2) is 5.25. The maximum atomic E-state index is 11.3. The molecule has 1 fully saturated rings. The maximum Gasteiger partial charge on any atom is 0.314 e. The van der Waals surface area contributed by atoms with Crippen molar-refractivity contribution in [2.24, 2.45) is 5.41 Å². The van der Waals surface area contributed by atoms with Crippen LogP contribution in [0.4, 0.5) is 0 Å². The van der Waals surface area contributed by atoms with Gasteiger partial charge in [0, 0.05) is 13.1 Å². The van der Waals surface area contributed by atoms with Crippen LogP contribution in [-0.2, 0) is 9.53 Å². The fraction of sp³-hybridized carbons (Fsp3) is 0.667. The monoisotopic (exact) mass is 205 g/mol. The Labute approximate surface area is 84.9 Å². The average Bonchev–Trinajstić information content (AvgIpc) is 2.02. The molecule has 0 saturated carbocycles. The Morgan fingerprint density at radius 3 is 2.62 bits per heavy atom. The van der Waals surface area contributed by atoms with E-state index >= 15 is 0 Å². The fourth-order valence-electron chi connectivity index (χ4n) is 1.44. The Hall–Kier alpha value is -0.540. The largest absolute Gasteiger partial charge is 0.469 e. The lowest BCUT2D eigenvalue weighted by Crippen LogP contribution is -2.58. The van der Waals surface area contributed by atoms with Crippen molar-refractivity contribution in [3.63, 3.8) is 0 Å². The molecule has 0 atom stereocenters. The topological polar surface area (TPSA) is 38.3 Å². The van der Waals surface area contributed by atoms with Crippen molar-refractivity contribution in [3.8, 4) is 0 Å². The highest BCUT2D eigenvalue weighted by atomic mass is 35.5. The summed E-state index contributed by atoms with van der Waals surface area (Å²) in [6.45, 7) is 5.12. The minimum Gasteiger partial charge on any atom is -0.469 e. The zero-order valence-corrected chi connectivity index (χ0v) is 8.65. The first-order valence-electron chi connectivity index (χ1n) is 4.15. The van der Waals surface area contributed by atoms with Gasteiger partial charge in [-0.2, -0.15) is 0 Å². The first-order chi connectivity index (χ1) is 5.75. The molecule has 1 heterocycles. The van der Waals surface area contributed by atoms with Crippen LogP contribution in [-0.4, -0.2) is 26.2 Å². The van der Waals surface area contributed by atoms with Crippen molar-refractivity contribution in [2.75, 3.05) is 20.2 Å². The van der Waals surface area contributed by atoms with Crippen molar-refractivity contribution in [1.29, 1.82) is 0 Å². The maximum absolute atomic E-state index is 11.3. The number of esters is 1. The molecule has 0 amide bonds. The van der Waals surface area contributed by atoms with E-state index in [1.807, 2.05) is 6.08 Å². The van der Waals surface area contributed by atoms with Gasteiger partial charge >= 0.3 is 5.97 Å². The molecule has 3 nitrogen and oxygen atoms in total. The number of rotatable bonds is 4. The fourth-order valence-corrected chi connectivity index (χ4v) is 1.44. The van der Waals surface area contributed by atoms with E-state index in [4.69, 9.17) is 4.74 Å². The second-order valence-electron chi connectivity index (χ2n) is 3.20. The molecule has 0 unspecified atom stereocenters. The number of carbonyl (C=O) groups excluding carboxylic acids is 1. The summed E-state index contributed by atoms with van der Waals surface area (Å²) in [7, 11) is 1.44. The Bertz CT molecular complexity index is 190. The predicted octanol–water partition coefficient (Wildman–Crippen LogP) is 1.14. The van der Waals surface area contributed by atoms with Crippen molar-refractivity contribution in [3.05, 3.63) is 12.7 Å². The lowest BCUT2D eigenvalue weighted by molar-refractivity contribution is -0.156. The highest BCUT2D eigenvalue weighted by Crippen LogP contribution is 2.29. The molecule has 1 saturated heterocycles. The van der Waals surface area contributed by atoms with E-state index in [1.54, 1.807) is 0 Å². The van der Waals surface area contributed by atoms with E-state index < -0.39 is 0 Å². The lowest BCUT2D eigenvalue weighted by Gasteiger charge is -2.39. The van der Waals surface area contributed by atoms with Crippen LogP contribution in [0.3, 0.4) is 0 Å². The molecule has 1 N–H and O–H groups in total. The smallest absolute Gasteiger partial charge is 0.314 e. The third-order valence-electron chi connectivity index (χ3n) is 2.37. The van der Waals surface area contributed by atoms with Crippen LogP contribution in [0, 0.1) is 5.41 Å². The highest BCUT2D eigenvalue weighted by molar-refractivity contribution is 5.85. The molecule has 1 rings (SSSR count). The third kappa shape index (κ3) is 2.45. The Morgan fingerprint density at radius 1 is 1.69 bits per heavy atom. The Balaban J connectivity index is 0.00000144. The highest BCUT2D eigenvalue weighted by Gasteiger charge is 2.44. The van der Waals surface area contributed by atoms with Gasteiger partial charge in [-0.1, -0.05) is 6.08 Å². The van der Waals surface area contributed by atoms with Gasteiger partial charge in [-0.15, -0.1) is 19.0 Å². The standard InChI is InChI=1S/C9H15NO2.ClH/c1-3-4-5-9(6-10-7-9)8(11)12-2;/h3,10H,1,4-7H2,2H3;1H. The Morgan fingerprint density at radius 2 is 2.31 bits per heavy atom. The van der Waals surface area contributed by atoms with Gasteiger partial charge in [0.15, 0.2) is 0 Å². The summed E-state index contributed by atoms with van der Waals surface area (Å²) in [4.78, 5) is 11.3. The third-order valence-corrected chi connectivity index (χ3v) is 2.37. The summed E-state index contributed by atoms with van der Waals surface area (Å²) in [5.74, 6) is -0.0944. The number of allylic oxidation sites excluding steroid dienone is 1. The van der Waals surface area contributed by atoms with Gasteiger partial charge in [0.2, 0.25) is 0 Å². The SMILES string of the molecule is C=CCCC1(C(=O)OC)CNC1.Cl. The van der Waals surface area contributed by atoms with Crippen molar-refractivity contribution in [2.45, 2.75) is 12.8 Å². The molecular formula is C9H16ClNO2. The molecule has 0 aliphatic carbocycles. The van der Waals surface area contributed by atoms with Crippen LogP contribution < -0.4 is 5.32 Å². The van der Waals surface area contributed by atoms with Crippen LogP contribution in [0.2, 0.25) is 0 Å². The molecular weight excluding hydrogens is 190 g/mol. The van der Waals surface area contributed by atoms with E-state index in [-0.39, 0.29) is 23.8 Å². The molecule has 13 heavy (non-hydrogen) atoms. The molecule has 1 aliphatic heterocycles. The first-order valence-corrected chi connectivity index (χ1v) is 4.15. The zero-order chi connectivity index (χ0) is 9.03. The van der Waals surface area contributed by atoms with Crippen molar-refractivity contribution in [1.82, 2.24) is 5.32 Å². The molecule has 0 aromatic heterocycles. The van der Waals surface area contributed by atoms with Gasteiger partial charge in [-0.3, -0.25) is 4.79 Å². The number of halogens is 1. The zero-order valence-electron chi connectivity index (χ0n) is 7.84. The molecule has 4 heteroatoms. The number of hydrogen-bond donors (Lipinski definition) is 1. The summed E-state index contributed by atoms with van der Waals surface area (Å²) in [6, 6.07) is 0. The van der Waals surface area contributed by atoms with Gasteiger partial charge in [0.25, 0.3) is 0 Å². The minimum atomic E-state index is -0.261. The number of methoxy groups -OCH3 is 1. The number of hydrogen-bond acceptors (Lipinski definition) is 3. The van der Waals surface area contributed by atoms with Gasteiger partial charge in [0.05, 0.1) is 12.5 Å². The summed E-state index contributed by atoms with van der Waals surface area (Å²) in [6.07, 6.45) is 3.55. The van der Waals surface area contributed by atoms with E-state index in [9.17, 15) is 4.79 Å². The molecule has 0 spiro atoms. The lowest BCUT2D eigenvalue weighted by atomic mass is 9.77. The number of carbonyl (C=O) groups is 1. The van der Waals surface area contributed by atoms with Gasteiger partial charge < -0.3 is 10.1 Å². The van der Waals surface area contributed by atoms with Gasteiger partial charge in [-0.25, -0.2) is 0 Å². The van der Waals surface area contributed by atoms with Gasteiger partial charge in [-0.05, 0) is 12.8 Å². The van der Waals surface area contributed by atoms with E-state index in [2.05, 4.69) is 11.9 Å². The molecule has 76 valence electrons.